The average Bonchev–Trinajstić information content (AvgIpc) is 3.23. The molecule has 0 atom stereocenters. The highest BCUT2D eigenvalue weighted by Gasteiger charge is 2.25. The van der Waals surface area contributed by atoms with Gasteiger partial charge in [0.05, 0.1) is 18.7 Å². The van der Waals surface area contributed by atoms with Crippen LogP contribution in [0.25, 0.3) is 17.1 Å². The third-order valence-corrected chi connectivity index (χ3v) is 5.63. The molecule has 2 N–H and O–H groups in total. The van der Waals surface area contributed by atoms with Crippen molar-refractivity contribution < 1.29 is 18.7 Å². The fourth-order valence-electron chi connectivity index (χ4n) is 3.17. The van der Waals surface area contributed by atoms with E-state index in [0.717, 1.165) is 5.56 Å². The van der Waals surface area contributed by atoms with Crippen LogP contribution >= 0.6 is 11.8 Å². The summed E-state index contributed by atoms with van der Waals surface area (Å²) in [6.07, 6.45) is 0. The van der Waals surface area contributed by atoms with Crippen LogP contribution in [-0.4, -0.2) is 45.7 Å². The lowest BCUT2D eigenvalue weighted by Crippen LogP contribution is -2.44. The Morgan fingerprint density at radius 1 is 1.16 bits per heavy atom. The van der Waals surface area contributed by atoms with E-state index in [1.54, 1.807) is 19.1 Å². The summed E-state index contributed by atoms with van der Waals surface area (Å²) in [6.45, 7) is 2.04. The summed E-state index contributed by atoms with van der Waals surface area (Å²) >= 11 is 1.30. The Bertz CT molecular complexity index is 1160. The quantitative estimate of drug-likeness (QED) is 0.421. The highest BCUT2D eigenvalue weighted by Crippen LogP contribution is 2.29. The van der Waals surface area contributed by atoms with E-state index in [9.17, 15) is 14.0 Å². The van der Waals surface area contributed by atoms with E-state index in [0.29, 0.717) is 27.9 Å². The van der Waals surface area contributed by atoms with Crippen molar-refractivity contribution in [3.05, 3.63) is 71.7 Å². The SMILES string of the molecule is CCOC(=O)C1=C(CSc2nnc(-c3ccccc3)n2-c2ccc(F)cc2)NC(=O)NC1. The molecule has 0 spiro atoms. The van der Waals surface area contributed by atoms with Gasteiger partial charge < -0.3 is 15.4 Å². The fraction of sp³-hybridized carbons (Fsp3) is 0.182. The summed E-state index contributed by atoms with van der Waals surface area (Å²) < 4.78 is 20.4. The maximum Gasteiger partial charge on any atom is 0.337 e. The Morgan fingerprint density at radius 3 is 2.62 bits per heavy atom. The minimum Gasteiger partial charge on any atom is -0.463 e. The predicted octanol–water partition coefficient (Wildman–Crippen LogP) is 3.30. The van der Waals surface area contributed by atoms with Crippen LogP contribution in [0.15, 0.2) is 71.0 Å². The minimum atomic E-state index is -0.486. The molecule has 0 fully saturated rings. The molecule has 10 heteroatoms. The van der Waals surface area contributed by atoms with E-state index in [-0.39, 0.29) is 24.7 Å². The molecule has 1 aliphatic rings. The van der Waals surface area contributed by atoms with Crippen LogP contribution in [-0.2, 0) is 9.53 Å². The van der Waals surface area contributed by atoms with Crippen molar-refractivity contribution in [3.8, 4) is 17.1 Å². The minimum absolute atomic E-state index is 0.0838. The Balaban J connectivity index is 1.69. The molecule has 2 aromatic carbocycles. The molecular formula is C22H20FN5O3S. The Labute approximate surface area is 187 Å². The number of thioether (sulfide) groups is 1. The summed E-state index contributed by atoms with van der Waals surface area (Å²) in [7, 11) is 0. The lowest BCUT2D eigenvalue weighted by molar-refractivity contribution is -0.138. The number of benzene rings is 2. The van der Waals surface area contributed by atoms with Crippen LogP contribution < -0.4 is 10.6 Å². The molecule has 2 amide bonds. The van der Waals surface area contributed by atoms with Crippen molar-refractivity contribution >= 4 is 23.8 Å². The fourth-order valence-corrected chi connectivity index (χ4v) is 4.11. The van der Waals surface area contributed by atoms with Gasteiger partial charge in [-0.3, -0.25) is 4.57 Å². The lowest BCUT2D eigenvalue weighted by Gasteiger charge is -2.21. The lowest BCUT2D eigenvalue weighted by atomic mass is 10.2. The number of halogens is 1. The molecule has 4 rings (SSSR count). The monoisotopic (exact) mass is 453 g/mol. The summed E-state index contributed by atoms with van der Waals surface area (Å²) in [5.41, 5.74) is 2.34. The normalized spacial score (nSPS) is 13.5. The van der Waals surface area contributed by atoms with Crippen LogP contribution in [0.4, 0.5) is 9.18 Å². The van der Waals surface area contributed by atoms with Crippen LogP contribution in [0.3, 0.4) is 0 Å². The first-order valence-electron chi connectivity index (χ1n) is 9.90. The average molecular weight is 453 g/mol. The molecular weight excluding hydrogens is 433 g/mol. The maximum atomic E-state index is 13.5. The molecule has 0 bridgehead atoms. The van der Waals surface area contributed by atoms with Crippen LogP contribution in [0.1, 0.15) is 6.92 Å². The van der Waals surface area contributed by atoms with Crippen molar-refractivity contribution in [3.63, 3.8) is 0 Å². The second-order valence-corrected chi connectivity index (χ2v) is 7.70. The predicted molar refractivity (Wildman–Crippen MR) is 118 cm³/mol. The molecule has 0 saturated carbocycles. The smallest absolute Gasteiger partial charge is 0.337 e. The van der Waals surface area contributed by atoms with Crippen molar-refractivity contribution in [2.75, 3.05) is 18.9 Å². The van der Waals surface area contributed by atoms with Crippen LogP contribution in [0, 0.1) is 5.82 Å². The topological polar surface area (TPSA) is 98.1 Å². The van der Waals surface area contributed by atoms with Crippen molar-refractivity contribution in [2.45, 2.75) is 12.1 Å². The van der Waals surface area contributed by atoms with Gasteiger partial charge in [0.1, 0.15) is 5.82 Å². The molecule has 2 heterocycles. The number of carbonyl (C=O) groups excluding carboxylic acids is 2. The van der Waals surface area contributed by atoms with Gasteiger partial charge in [0.2, 0.25) is 0 Å². The van der Waals surface area contributed by atoms with E-state index in [2.05, 4.69) is 20.8 Å². The number of esters is 1. The standard InChI is InChI=1S/C22H20FN5O3S/c1-2-31-20(29)17-12-24-21(30)25-18(17)13-32-22-27-26-19(14-6-4-3-5-7-14)28(22)16-10-8-15(23)9-11-16/h3-11H,2,12-13H2,1H3,(H2,24,25,30). The molecule has 1 aromatic heterocycles. The molecule has 0 saturated heterocycles. The van der Waals surface area contributed by atoms with Gasteiger partial charge in [-0.05, 0) is 31.2 Å². The zero-order chi connectivity index (χ0) is 22.5. The van der Waals surface area contributed by atoms with Crippen LogP contribution in [0.2, 0.25) is 0 Å². The first-order valence-corrected chi connectivity index (χ1v) is 10.9. The third-order valence-electron chi connectivity index (χ3n) is 4.67. The Hall–Kier alpha value is -3.66. The number of nitrogens with zero attached hydrogens (tertiary/aromatic N) is 3. The number of carbonyl (C=O) groups is 2. The van der Waals surface area contributed by atoms with E-state index in [1.807, 2.05) is 34.9 Å². The zero-order valence-corrected chi connectivity index (χ0v) is 18.0. The van der Waals surface area contributed by atoms with Gasteiger partial charge >= 0.3 is 12.0 Å². The van der Waals surface area contributed by atoms with Crippen molar-refractivity contribution in [1.29, 1.82) is 0 Å². The van der Waals surface area contributed by atoms with Crippen molar-refractivity contribution in [1.82, 2.24) is 25.4 Å². The number of amides is 2. The second kappa shape index (κ2) is 9.65. The number of aromatic nitrogens is 3. The van der Waals surface area contributed by atoms with Gasteiger partial charge in [-0.2, -0.15) is 0 Å². The molecule has 1 aliphatic heterocycles. The molecule has 0 unspecified atom stereocenters. The molecule has 0 aliphatic carbocycles. The van der Waals surface area contributed by atoms with E-state index < -0.39 is 12.0 Å². The van der Waals surface area contributed by atoms with E-state index in [1.165, 1.54) is 23.9 Å². The van der Waals surface area contributed by atoms with Gasteiger partial charge in [-0.15, -0.1) is 10.2 Å². The highest BCUT2D eigenvalue weighted by molar-refractivity contribution is 7.99. The summed E-state index contributed by atoms with van der Waals surface area (Å²) in [5, 5.41) is 14.4. The van der Waals surface area contributed by atoms with E-state index >= 15 is 0 Å². The summed E-state index contributed by atoms with van der Waals surface area (Å²) in [5.74, 6) is 0.0172. The number of rotatable bonds is 7. The third kappa shape index (κ3) is 4.65. The first kappa shape index (κ1) is 21.6. The number of ether oxygens (including phenoxy) is 1. The van der Waals surface area contributed by atoms with Gasteiger partial charge in [0, 0.05) is 22.7 Å². The summed E-state index contributed by atoms with van der Waals surface area (Å²) in [4.78, 5) is 24.1. The molecule has 32 heavy (non-hydrogen) atoms. The molecule has 0 radical (unpaired) electrons. The van der Waals surface area contributed by atoms with E-state index in [4.69, 9.17) is 4.74 Å². The van der Waals surface area contributed by atoms with Gasteiger partial charge in [0.15, 0.2) is 11.0 Å². The Kier molecular flexibility index (Phi) is 6.50. The number of urea groups is 1. The van der Waals surface area contributed by atoms with Crippen LogP contribution in [0.5, 0.6) is 0 Å². The largest absolute Gasteiger partial charge is 0.463 e. The van der Waals surface area contributed by atoms with Gasteiger partial charge in [-0.1, -0.05) is 42.1 Å². The zero-order valence-electron chi connectivity index (χ0n) is 17.2. The number of hydrogen-bond donors (Lipinski definition) is 2. The number of hydrogen-bond acceptors (Lipinski definition) is 6. The second-order valence-electron chi connectivity index (χ2n) is 6.76. The molecule has 8 nitrogen and oxygen atoms in total. The number of nitrogens with one attached hydrogen (secondary N) is 2. The highest BCUT2D eigenvalue weighted by atomic mass is 32.2. The van der Waals surface area contributed by atoms with Gasteiger partial charge in [-0.25, -0.2) is 14.0 Å². The summed E-state index contributed by atoms with van der Waals surface area (Å²) in [6, 6.07) is 15.1. The first-order chi connectivity index (χ1) is 15.6. The molecule has 164 valence electrons. The maximum absolute atomic E-state index is 13.5. The Morgan fingerprint density at radius 2 is 1.91 bits per heavy atom. The molecule has 3 aromatic rings. The van der Waals surface area contributed by atoms with Crippen molar-refractivity contribution in [2.24, 2.45) is 0 Å². The van der Waals surface area contributed by atoms with Gasteiger partial charge in [0.25, 0.3) is 0 Å².